The number of hydrogen-bond acceptors (Lipinski definition) is 6. The Bertz CT molecular complexity index is 1430. The summed E-state index contributed by atoms with van der Waals surface area (Å²) in [5.74, 6) is -2.27. The van der Waals surface area contributed by atoms with Crippen molar-refractivity contribution in [2.24, 2.45) is 5.10 Å². The summed E-state index contributed by atoms with van der Waals surface area (Å²) in [7, 11) is 1.52. The second-order valence-electron chi connectivity index (χ2n) is 9.03. The van der Waals surface area contributed by atoms with Crippen LogP contribution in [-0.2, 0) is 0 Å². The van der Waals surface area contributed by atoms with E-state index in [0.717, 1.165) is 12.3 Å². The molecule has 38 heavy (non-hydrogen) atoms. The summed E-state index contributed by atoms with van der Waals surface area (Å²) in [6.45, 7) is 3.71. The highest BCUT2D eigenvalue weighted by molar-refractivity contribution is 5.96. The molecule has 0 bridgehead atoms. The van der Waals surface area contributed by atoms with Crippen LogP contribution in [0.5, 0.6) is 5.75 Å². The second-order valence-corrected chi connectivity index (χ2v) is 9.03. The number of hydrazone groups is 1. The first-order valence-corrected chi connectivity index (χ1v) is 11.8. The van der Waals surface area contributed by atoms with Gasteiger partial charge < -0.3 is 15.0 Å². The predicted molar refractivity (Wildman–Crippen MR) is 130 cm³/mol. The van der Waals surface area contributed by atoms with E-state index in [4.69, 9.17) is 4.74 Å². The molecule has 4 heterocycles. The van der Waals surface area contributed by atoms with Crippen LogP contribution in [0.1, 0.15) is 39.8 Å². The van der Waals surface area contributed by atoms with Crippen molar-refractivity contribution in [1.29, 1.82) is 0 Å². The molecular formula is C25H24F3N7O3. The maximum absolute atomic E-state index is 14.5. The Labute approximate surface area is 215 Å². The molecule has 3 aromatic rings. The van der Waals surface area contributed by atoms with E-state index >= 15 is 0 Å². The highest BCUT2D eigenvalue weighted by Crippen LogP contribution is 2.32. The summed E-state index contributed by atoms with van der Waals surface area (Å²) < 4.78 is 49.1. The van der Waals surface area contributed by atoms with Gasteiger partial charge in [0.2, 0.25) is 0 Å². The molecular weight excluding hydrogens is 503 g/mol. The van der Waals surface area contributed by atoms with Gasteiger partial charge in [-0.3, -0.25) is 4.79 Å². The number of urea groups is 1. The highest BCUT2D eigenvalue weighted by atomic mass is 19.1. The highest BCUT2D eigenvalue weighted by Gasteiger charge is 2.39. The number of hydrogen-bond donors (Lipinski definition) is 1. The molecule has 1 fully saturated rings. The van der Waals surface area contributed by atoms with Crippen molar-refractivity contribution in [2.75, 3.05) is 20.1 Å². The van der Waals surface area contributed by atoms with Crippen LogP contribution in [0.2, 0.25) is 0 Å². The van der Waals surface area contributed by atoms with E-state index in [0.29, 0.717) is 28.9 Å². The van der Waals surface area contributed by atoms with Crippen LogP contribution in [0, 0.1) is 31.3 Å². The zero-order valence-corrected chi connectivity index (χ0v) is 20.8. The molecule has 0 unspecified atom stereocenters. The topological polar surface area (TPSA) is 105 Å². The fraction of sp³-hybridized carbons (Fsp3) is 0.320. The van der Waals surface area contributed by atoms with Crippen LogP contribution in [-0.4, -0.2) is 69.1 Å². The van der Waals surface area contributed by atoms with Crippen molar-refractivity contribution in [1.82, 2.24) is 30.0 Å². The predicted octanol–water partition coefficient (Wildman–Crippen LogP) is 3.28. The molecule has 1 N–H and O–H groups in total. The molecule has 1 aromatic carbocycles. The van der Waals surface area contributed by atoms with Crippen LogP contribution < -0.4 is 10.1 Å². The van der Waals surface area contributed by atoms with Gasteiger partial charge in [0.05, 0.1) is 42.3 Å². The Morgan fingerprint density at radius 1 is 1.08 bits per heavy atom. The van der Waals surface area contributed by atoms with Gasteiger partial charge in [-0.2, -0.15) is 10.2 Å². The van der Waals surface area contributed by atoms with Gasteiger partial charge in [0, 0.05) is 31.8 Å². The number of benzene rings is 1. The van der Waals surface area contributed by atoms with Crippen LogP contribution in [0.25, 0.3) is 5.82 Å². The zero-order chi connectivity index (χ0) is 27.1. The summed E-state index contributed by atoms with van der Waals surface area (Å²) in [5, 5.41) is 12.2. The monoisotopic (exact) mass is 527 g/mol. The zero-order valence-electron chi connectivity index (χ0n) is 20.8. The van der Waals surface area contributed by atoms with Gasteiger partial charge in [-0.1, -0.05) is 0 Å². The molecule has 5 rings (SSSR count). The van der Waals surface area contributed by atoms with E-state index in [9.17, 15) is 22.8 Å². The minimum Gasteiger partial charge on any atom is -0.483 e. The molecule has 0 aliphatic carbocycles. The standard InChI is InChI=1S/C25H24F3N7O3/c1-13-23(24(36)29-3)14(2)34(32-13)22-9-21(19(28)10-30-22)38-18-11-33(12-18)25(37)35-20(4-5-31-35)15-6-16(26)8-17(27)7-15/h5-10,18,20H,4,11-12H2,1-3H3,(H,29,36)/t20-/m0/s1. The molecule has 2 aromatic heterocycles. The second kappa shape index (κ2) is 9.80. The van der Waals surface area contributed by atoms with E-state index in [-0.39, 0.29) is 30.6 Å². The minimum atomic E-state index is -0.735. The van der Waals surface area contributed by atoms with Gasteiger partial charge in [0.1, 0.15) is 17.7 Å². The van der Waals surface area contributed by atoms with Crippen molar-refractivity contribution in [2.45, 2.75) is 32.4 Å². The molecule has 0 spiro atoms. The fourth-order valence-corrected chi connectivity index (χ4v) is 4.57. The molecule has 198 valence electrons. The molecule has 10 nitrogen and oxygen atoms in total. The van der Waals surface area contributed by atoms with E-state index in [2.05, 4.69) is 20.5 Å². The number of carbonyl (C=O) groups is 2. The first kappa shape index (κ1) is 25.2. The number of pyridine rings is 1. The molecule has 3 amide bonds. The number of ether oxygens (including phenoxy) is 1. The van der Waals surface area contributed by atoms with Gasteiger partial charge in [-0.25, -0.2) is 32.6 Å². The first-order valence-electron chi connectivity index (χ1n) is 11.8. The average Bonchev–Trinajstić information content (AvgIpc) is 3.45. The van der Waals surface area contributed by atoms with E-state index in [1.165, 1.54) is 46.1 Å². The van der Waals surface area contributed by atoms with Gasteiger partial charge in [-0.05, 0) is 31.5 Å². The summed E-state index contributed by atoms with van der Waals surface area (Å²) >= 11 is 0. The maximum Gasteiger partial charge on any atom is 0.341 e. The lowest BCUT2D eigenvalue weighted by atomic mass is 10.0. The van der Waals surface area contributed by atoms with E-state index in [1.54, 1.807) is 13.8 Å². The normalized spacial score (nSPS) is 17.1. The molecule has 2 aliphatic heterocycles. The van der Waals surface area contributed by atoms with Crippen molar-refractivity contribution < 1.29 is 27.5 Å². The lowest BCUT2D eigenvalue weighted by Crippen LogP contribution is -2.58. The van der Waals surface area contributed by atoms with Gasteiger partial charge >= 0.3 is 6.03 Å². The number of aromatic nitrogens is 3. The third kappa shape index (κ3) is 4.55. The third-order valence-corrected chi connectivity index (χ3v) is 6.48. The van der Waals surface area contributed by atoms with Crippen molar-refractivity contribution >= 4 is 18.2 Å². The smallest absolute Gasteiger partial charge is 0.341 e. The molecule has 2 aliphatic rings. The Balaban J connectivity index is 1.26. The van der Waals surface area contributed by atoms with E-state index < -0.39 is 35.6 Å². The fourth-order valence-electron chi connectivity index (χ4n) is 4.57. The lowest BCUT2D eigenvalue weighted by Gasteiger charge is -2.41. The Morgan fingerprint density at radius 2 is 1.79 bits per heavy atom. The molecule has 0 saturated carbocycles. The largest absolute Gasteiger partial charge is 0.483 e. The third-order valence-electron chi connectivity index (χ3n) is 6.48. The number of likely N-dealkylation sites (tertiary alicyclic amines) is 1. The molecule has 1 atom stereocenters. The van der Waals surface area contributed by atoms with Crippen LogP contribution in [0.15, 0.2) is 35.6 Å². The van der Waals surface area contributed by atoms with Crippen LogP contribution in [0.4, 0.5) is 18.0 Å². The SMILES string of the molecule is CNC(=O)c1c(C)nn(-c2cc(OC3CN(C(=O)N4N=CC[C@H]4c4cc(F)cc(F)c4)C3)c(F)cn2)c1C. The number of amides is 3. The summed E-state index contributed by atoms with van der Waals surface area (Å²) in [5.41, 5.74) is 1.73. The number of halogens is 3. The Morgan fingerprint density at radius 3 is 2.47 bits per heavy atom. The van der Waals surface area contributed by atoms with Gasteiger partial charge in [0.25, 0.3) is 5.91 Å². The lowest BCUT2D eigenvalue weighted by molar-refractivity contribution is 0.0256. The Hall–Kier alpha value is -4.42. The number of rotatable bonds is 5. The minimum absolute atomic E-state index is 0.0755. The quantitative estimate of drug-likeness (QED) is 0.549. The molecule has 0 radical (unpaired) electrons. The molecule has 1 saturated heterocycles. The number of aryl methyl sites for hydroxylation is 1. The number of nitrogens with zero attached hydrogens (tertiary/aromatic N) is 6. The average molecular weight is 528 g/mol. The maximum atomic E-state index is 14.5. The van der Waals surface area contributed by atoms with Gasteiger partial charge in [-0.15, -0.1) is 0 Å². The molecule has 13 heteroatoms. The number of nitrogens with one attached hydrogen (secondary N) is 1. The van der Waals surface area contributed by atoms with Crippen LogP contribution >= 0.6 is 0 Å². The summed E-state index contributed by atoms with van der Waals surface area (Å²) in [6, 6.07) is 3.42. The summed E-state index contributed by atoms with van der Waals surface area (Å²) in [4.78, 5) is 30.7. The van der Waals surface area contributed by atoms with Crippen molar-refractivity contribution in [3.63, 3.8) is 0 Å². The van der Waals surface area contributed by atoms with Crippen molar-refractivity contribution in [3.05, 3.63) is 70.4 Å². The number of carbonyl (C=O) groups excluding carboxylic acids is 2. The van der Waals surface area contributed by atoms with E-state index in [1.807, 2.05) is 0 Å². The van der Waals surface area contributed by atoms with Gasteiger partial charge in [0.15, 0.2) is 17.4 Å². The van der Waals surface area contributed by atoms with Crippen molar-refractivity contribution in [3.8, 4) is 11.6 Å². The van der Waals surface area contributed by atoms with Crippen LogP contribution in [0.3, 0.4) is 0 Å². The Kier molecular flexibility index (Phi) is 6.51. The summed E-state index contributed by atoms with van der Waals surface area (Å²) in [6.07, 6.45) is 2.34. The first-order chi connectivity index (χ1) is 18.2.